The molecule has 0 bridgehead atoms. The minimum absolute atomic E-state index is 0.291. The number of rotatable bonds is 5. The van der Waals surface area contributed by atoms with Gasteiger partial charge in [0, 0.05) is 19.5 Å². The van der Waals surface area contributed by atoms with Crippen LogP contribution in [0.4, 0.5) is 4.79 Å². The number of carbonyl (C=O) groups is 2. The third-order valence-electron chi connectivity index (χ3n) is 1.88. The summed E-state index contributed by atoms with van der Waals surface area (Å²) < 4.78 is 5.22. The van der Waals surface area contributed by atoms with Gasteiger partial charge in [0.2, 0.25) is 5.91 Å². The number of carbonyl (C=O) groups excluding carboxylic acids is 2. The average molecular weight is 230 g/mol. The van der Waals surface area contributed by atoms with E-state index in [9.17, 15) is 9.59 Å². The van der Waals surface area contributed by atoms with Gasteiger partial charge in [0.1, 0.15) is 5.60 Å². The molecule has 0 saturated carbocycles. The van der Waals surface area contributed by atoms with Crippen molar-refractivity contribution in [1.82, 2.24) is 4.90 Å². The summed E-state index contributed by atoms with van der Waals surface area (Å²) in [7, 11) is 0. The summed E-state index contributed by atoms with van der Waals surface area (Å²) in [5, 5.41) is 0. The van der Waals surface area contributed by atoms with Crippen LogP contribution >= 0.6 is 0 Å². The summed E-state index contributed by atoms with van der Waals surface area (Å²) in [6, 6.07) is 0. The lowest BCUT2D eigenvalue weighted by Crippen LogP contribution is -2.37. The number of hydrogen-bond donors (Lipinski definition) is 1. The van der Waals surface area contributed by atoms with E-state index in [1.54, 1.807) is 4.90 Å². The summed E-state index contributed by atoms with van der Waals surface area (Å²) in [6.07, 6.45) is 0.515. The Hall–Kier alpha value is -1.26. The van der Waals surface area contributed by atoms with E-state index in [2.05, 4.69) is 0 Å². The molecule has 0 aromatic carbocycles. The van der Waals surface area contributed by atoms with Crippen LogP contribution < -0.4 is 5.73 Å². The van der Waals surface area contributed by atoms with E-state index in [0.717, 1.165) is 0 Å². The number of ether oxygens (including phenoxy) is 1. The predicted octanol–water partition coefficient (Wildman–Crippen LogP) is 1.51. The van der Waals surface area contributed by atoms with E-state index in [0.29, 0.717) is 25.9 Å². The van der Waals surface area contributed by atoms with Gasteiger partial charge in [-0.3, -0.25) is 4.79 Å². The lowest BCUT2D eigenvalue weighted by molar-refractivity contribution is -0.118. The van der Waals surface area contributed by atoms with E-state index in [-0.39, 0.29) is 12.0 Å². The maximum absolute atomic E-state index is 11.7. The van der Waals surface area contributed by atoms with E-state index >= 15 is 0 Å². The van der Waals surface area contributed by atoms with Crippen molar-refractivity contribution in [2.75, 3.05) is 13.1 Å². The Morgan fingerprint density at radius 2 is 1.88 bits per heavy atom. The Bertz CT molecular complexity index is 246. The zero-order valence-corrected chi connectivity index (χ0v) is 10.6. The van der Waals surface area contributed by atoms with Gasteiger partial charge in [0.25, 0.3) is 0 Å². The molecule has 0 heterocycles. The number of nitrogens with two attached hydrogens (primary N) is 1. The molecule has 94 valence electrons. The van der Waals surface area contributed by atoms with Crippen LogP contribution in [-0.4, -0.2) is 35.6 Å². The van der Waals surface area contributed by atoms with E-state index < -0.39 is 5.60 Å². The largest absolute Gasteiger partial charge is 0.444 e. The SMILES string of the molecule is CCN(CCCC(N)=O)C(=O)OC(C)(C)C. The third kappa shape index (κ3) is 7.09. The van der Waals surface area contributed by atoms with Gasteiger partial charge in [-0.2, -0.15) is 0 Å². The van der Waals surface area contributed by atoms with Gasteiger partial charge in [-0.25, -0.2) is 4.79 Å². The molecule has 0 aliphatic heterocycles. The molecule has 0 fully saturated rings. The van der Waals surface area contributed by atoms with Crippen molar-refractivity contribution < 1.29 is 14.3 Å². The molecule has 0 spiro atoms. The molecule has 0 saturated heterocycles. The molecule has 0 aromatic rings. The number of primary amides is 1. The molecule has 0 aliphatic carbocycles. The number of hydrogen-bond acceptors (Lipinski definition) is 3. The van der Waals surface area contributed by atoms with Crippen LogP contribution in [-0.2, 0) is 9.53 Å². The molecule has 5 nitrogen and oxygen atoms in total. The molecule has 0 unspecified atom stereocenters. The van der Waals surface area contributed by atoms with E-state index in [1.807, 2.05) is 27.7 Å². The van der Waals surface area contributed by atoms with Crippen molar-refractivity contribution in [3.8, 4) is 0 Å². The lowest BCUT2D eigenvalue weighted by atomic mass is 10.2. The molecule has 0 aliphatic rings. The van der Waals surface area contributed by atoms with Gasteiger partial charge in [0.05, 0.1) is 0 Å². The second-order valence-corrected chi connectivity index (χ2v) is 4.63. The van der Waals surface area contributed by atoms with Crippen LogP contribution in [0.2, 0.25) is 0 Å². The zero-order chi connectivity index (χ0) is 12.8. The van der Waals surface area contributed by atoms with E-state index in [4.69, 9.17) is 10.5 Å². The Balaban J connectivity index is 4.07. The first-order valence-corrected chi connectivity index (χ1v) is 5.52. The van der Waals surface area contributed by atoms with Crippen LogP contribution in [0.3, 0.4) is 0 Å². The lowest BCUT2D eigenvalue weighted by Gasteiger charge is -2.26. The van der Waals surface area contributed by atoms with Gasteiger partial charge >= 0.3 is 6.09 Å². The van der Waals surface area contributed by atoms with Crippen molar-refractivity contribution in [1.29, 1.82) is 0 Å². The van der Waals surface area contributed by atoms with Gasteiger partial charge in [-0.05, 0) is 34.1 Å². The standard InChI is InChI=1S/C11H22N2O3/c1-5-13(8-6-7-9(12)14)10(15)16-11(2,3)4/h5-8H2,1-4H3,(H2,12,14). The van der Waals surface area contributed by atoms with Crippen molar-refractivity contribution in [2.45, 2.75) is 46.1 Å². The molecule has 0 atom stereocenters. The summed E-state index contributed by atoms with van der Waals surface area (Å²) in [5.41, 5.74) is 4.53. The minimum Gasteiger partial charge on any atom is -0.444 e. The third-order valence-corrected chi connectivity index (χ3v) is 1.88. The highest BCUT2D eigenvalue weighted by Gasteiger charge is 2.20. The van der Waals surface area contributed by atoms with Gasteiger partial charge in [-0.1, -0.05) is 0 Å². The Morgan fingerprint density at radius 3 is 2.25 bits per heavy atom. The van der Waals surface area contributed by atoms with Gasteiger partial charge in [0.15, 0.2) is 0 Å². The van der Waals surface area contributed by atoms with E-state index in [1.165, 1.54) is 0 Å². The number of nitrogens with zero attached hydrogens (tertiary/aromatic N) is 1. The Kier molecular flexibility index (Phi) is 5.85. The topological polar surface area (TPSA) is 72.6 Å². The van der Waals surface area contributed by atoms with Gasteiger partial charge in [-0.15, -0.1) is 0 Å². The minimum atomic E-state index is -0.492. The Morgan fingerprint density at radius 1 is 1.31 bits per heavy atom. The molecule has 0 rings (SSSR count). The fourth-order valence-corrected chi connectivity index (χ4v) is 1.15. The molecule has 0 radical (unpaired) electrons. The fraction of sp³-hybridized carbons (Fsp3) is 0.818. The second kappa shape index (κ2) is 6.35. The van der Waals surface area contributed by atoms with Crippen LogP contribution in [0.1, 0.15) is 40.5 Å². The molecule has 0 aromatic heterocycles. The quantitative estimate of drug-likeness (QED) is 0.778. The summed E-state index contributed by atoms with van der Waals surface area (Å²) in [5.74, 6) is -0.347. The highest BCUT2D eigenvalue weighted by atomic mass is 16.6. The molecular weight excluding hydrogens is 208 g/mol. The highest BCUT2D eigenvalue weighted by molar-refractivity contribution is 5.73. The van der Waals surface area contributed by atoms with Crippen molar-refractivity contribution in [2.24, 2.45) is 5.73 Å². The first-order valence-electron chi connectivity index (χ1n) is 5.52. The Labute approximate surface area is 96.9 Å². The molecule has 5 heteroatoms. The van der Waals surface area contributed by atoms with Crippen molar-refractivity contribution >= 4 is 12.0 Å². The highest BCUT2D eigenvalue weighted by Crippen LogP contribution is 2.10. The van der Waals surface area contributed by atoms with Crippen LogP contribution in [0.25, 0.3) is 0 Å². The molecule has 2 N–H and O–H groups in total. The smallest absolute Gasteiger partial charge is 0.410 e. The van der Waals surface area contributed by atoms with Gasteiger partial charge < -0.3 is 15.4 Å². The molecular formula is C11H22N2O3. The first kappa shape index (κ1) is 14.7. The maximum atomic E-state index is 11.7. The summed E-state index contributed by atoms with van der Waals surface area (Å²) in [4.78, 5) is 23.8. The summed E-state index contributed by atoms with van der Waals surface area (Å²) >= 11 is 0. The van der Waals surface area contributed by atoms with Crippen LogP contribution in [0.15, 0.2) is 0 Å². The maximum Gasteiger partial charge on any atom is 0.410 e. The van der Waals surface area contributed by atoms with Crippen molar-refractivity contribution in [3.05, 3.63) is 0 Å². The monoisotopic (exact) mass is 230 g/mol. The van der Waals surface area contributed by atoms with Crippen LogP contribution in [0.5, 0.6) is 0 Å². The normalized spacial score (nSPS) is 11.0. The van der Waals surface area contributed by atoms with Crippen LogP contribution in [0, 0.1) is 0 Å². The molecule has 2 amide bonds. The number of amides is 2. The first-order chi connectivity index (χ1) is 7.26. The molecule has 16 heavy (non-hydrogen) atoms. The van der Waals surface area contributed by atoms with Crippen molar-refractivity contribution in [3.63, 3.8) is 0 Å². The average Bonchev–Trinajstić information content (AvgIpc) is 2.08. The fourth-order valence-electron chi connectivity index (χ4n) is 1.15. The summed E-state index contributed by atoms with van der Waals surface area (Å²) in [6.45, 7) is 8.39. The second-order valence-electron chi connectivity index (χ2n) is 4.63. The zero-order valence-electron chi connectivity index (χ0n) is 10.6. The predicted molar refractivity (Wildman–Crippen MR) is 61.9 cm³/mol.